The van der Waals surface area contributed by atoms with Crippen molar-refractivity contribution in [3.05, 3.63) is 48.5 Å². The summed E-state index contributed by atoms with van der Waals surface area (Å²) in [6.45, 7) is 2.96. The quantitative estimate of drug-likeness (QED) is 0.617. The summed E-state index contributed by atoms with van der Waals surface area (Å²) < 4.78 is 5.64. The Morgan fingerprint density at radius 3 is 2.11 bits per heavy atom. The third-order valence-corrected chi connectivity index (χ3v) is 3.72. The Morgan fingerprint density at radius 2 is 1.53 bits per heavy atom. The molecule has 2 aromatic rings. The van der Waals surface area contributed by atoms with Gasteiger partial charge in [0.05, 0.1) is 6.61 Å². The van der Waals surface area contributed by atoms with Crippen LogP contribution in [0.1, 0.15) is 19.8 Å². The number of anilines is 1. The topological polar surface area (TPSA) is 35.2 Å². The van der Waals surface area contributed by atoms with Crippen molar-refractivity contribution in [3.63, 3.8) is 0 Å². The van der Waals surface area contributed by atoms with E-state index >= 15 is 0 Å². The number of nitrogen functional groups attached to an aromatic ring is 1. The lowest BCUT2D eigenvalue weighted by molar-refractivity contribution is 0.309. The minimum atomic E-state index is 0.793. The fraction of sp³-hybridized carbons (Fsp3) is 0.250. The van der Waals surface area contributed by atoms with Gasteiger partial charge in [0.15, 0.2) is 0 Å². The highest BCUT2D eigenvalue weighted by Gasteiger charge is 1.99. The molecule has 0 saturated carbocycles. The Hall–Kier alpha value is -1.61. The smallest absolute Gasteiger partial charge is 0.119 e. The van der Waals surface area contributed by atoms with E-state index in [2.05, 4.69) is 19.1 Å². The SMILES string of the molecule is CCCCOc1ccc(Sc2ccc(N)cc2)cc1. The minimum Gasteiger partial charge on any atom is -0.494 e. The van der Waals surface area contributed by atoms with Crippen LogP contribution in [0.5, 0.6) is 5.75 Å². The van der Waals surface area contributed by atoms with E-state index in [1.54, 1.807) is 11.8 Å². The molecule has 0 aromatic heterocycles. The molecule has 2 rings (SSSR count). The Bertz CT molecular complexity index is 493. The second-order valence-corrected chi connectivity index (χ2v) is 5.49. The number of hydrogen-bond donors (Lipinski definition) is 1. The number of nitrogens with two attached hydrogens (primary N) is 1. The van der Waals surface area contributed by atoms with Crippen molar-refractivity contribution in [2.24, 2.45) is 0 Å². The summed E-state index contributed by atoms with van der Waals surface area (Å²) in [5.74, 6) is 0.940. The van der Waals surface area contributed by atoms with E-state index in [1.165, 1.54) is 9.79 Å². The van der Waals surface area contributed by atoms with Gasteiger partial charge in [-0.05, 0) is 55.0 Å². The molecule has 0 bridgehead atoms. The Balaban J connectivity index is 1.92. The molecule has 2 aromatic carbocycles. The van der Waals surface area contributed by atoms with Gasteiger partial charge in [-0.3, -0.25) is 0 Å². The lowest BCUT2D eigenvalue weighted by atomic mass is 10.3. The predicted octanol–water partition coefficient (Wildman–Crippen LogP) is 4.60. The van der Waals surface area contributed by atoms with Crippen molar-refractivity contribution in [1.29, 1.82) is 0 Å². The molecule has 2 nitrogen and oxygen atoms in total. The summed E-state index contributed by atoms with van der Waals surface area (Å²) in [6, 6.07) is 16.1. The van der Waals surface area contributed by atoms with Crippen LogP contribution in [0.3, 0.4) is 0 Å². The van der Waals surface area contributed by atoms with E-state index < -0.39 is 0 Å². The summed E-state index contributed by atoms with van der Waals surface area (Å²) in [6.07, 6.45) is 2.26. The first-order valence-corrected chi connectivity index (χ1v) is 7.36. The third kappa shape index (κ3) is 4.52. The van der Waals surface area contributed by atoms with Crippen LogP contribution in [-0.4, -0.2) is 6.61 Å². The minimum absolute atomic E-state index is 0.793. The van der Waals surface area contributed by atoms with Crippen molar-refractivity contribution in [2.45, 2.75) is 29.6 Å². The van der Waals surface area contributed by atoms with Gasteiger partial charge in [0.1, 0.15) is 5.75 Å². The largest absolute Gasteiger partial charge is 0.494 e. The molecule has 19 heavy (non-hydrogen) atoms. The van der Waals surface area contributed by atoms with E-state index in [4.69, 9.17) is 10.5 Å². The first kappa shape index (κ1) is 13.8. The van der Waals surface area contributed by atoms with Gasteiger partial charge in [0.2, 0.25) is 0 Å². The molecule has 0 spiro atoms. The van der Waals surface area contributed by atoms with E-state index in [9.17, 15) is 0 Å². The van der Waals surface area contributed by atoms with Crippen LogP contribution in [0.25, 0.3) is 0 Å². The first-order chi connectivity index (χ1) is 9.28. The monoisotopic (exact) mass is 273 g/mol. The van der Waals surface area contributed by atoms with Crippen molar-refractivity contribution >= 4 is 17.4 Å². The van der Waals surface area contributed by atoms with Crippen LogP contribution in [0.2, 0.25) is 0 Å². The Morgan fingerprint density at radius 1 is 0.947 bits per heavy atom. The lowest BCUT2D eigenvalue weighted by Crippen LogP contribution is -1.95. The fourth-order valence-corrected chi connectivity index (χ4v) is 2.43. The van der Waals surface area contributed by atoms with E-state index in [-0.39, 0.29) is 0 Å². The highest BCUT2D eigenvalue weighted by atomic mass is 32.2. The molecule has 0 heterocycles. The number of rotatable bonds is 6. The zero-order valence-corrected chi connectivity index (χ0v) is 12.0. The standard InChI is InChI=1S/C16H19NOS/c1-2-3-12-18-14-6-10-16(11-7-14)19-15-8-4-13(17)5-9-15/h4-11H,2-3,12,17H2,1H3. The van der Waals surface area contributed by atoms with E-state index in [0.717, 1.165) is 30.9 Å². The van der Waals surface area contributed by atoms with Gasteiger partial charge in [-0.15, -0.1) is 0 Å². The molecule has 100 valence electrons. The summed E-state index contributed by atoms with van der Waals surface area (Å²) in [4.78, 5) is 2.39. The summed E-state index contributed by atoms with van der Waals surface area (Å²) in [5.41, 5.74) is 6.47. The Labute approximate surface area is 119 Å². The number of unbranched alkanes of at least 4 members (excludes halogenated alkanes) is 1. The molecular formula is C16H19NOS. The highest BCUT2D eigenvalue weighted by Crippen LogP contribution is 2.29. The van der Waals surface area contributed by atoms with Gasteiger partial charge in [0.25, 0.3) is 0 Å². The van der Waals surface area contributed by atoms with Crippen molar-refractivity contribution in [1.82, 2.24) is 0 Å². The maximum atomic E-state index is 5.67. The second kappa shape index (κ2) is 7.10. The van der Waals surface area contributed by atoms with Gasteiger partial charge < -0.3 is 10.5 Å². The molecular weight excluding hydrogens is 254 g/mol. The van der Waals surface area contributed by atoms with Crippen LogP contribution in [0.15, 0.2) is 58.3 Å². The Kier molecular flexibility index (Phi) is 5.16. The van der Waals surface area contributed by atoms with Crippen LogP contribution < -0.4 is 10.5 Å². The molecule has 0 aliphatic heterocycles. The molecule has 0 radical (unpaired) electrons. The van der Waals surface area contributed by atoms with Crippen LogP contribution in [0, 0.1) is 0 Å². The summed E-state index contributed by atoms with van der Waals surface area (Å²) >= 11 is 1.72. The molecule has 3 heteroatoms. The molecule has 0 fully saturated rings. The highest BCUT2D eigenvalue weighted by molar-refractivity contribution is 7.99. The number of benzene rings is 2. The van der Waals surface area contributed by atoms with Crippen molar-refractivity contribution in [3.8, 4) is 5.75 Å². The van der Waals surface area contributed by atoms with Gasteiger partial charge in [-0.1, -0.05) is 25.1 Å². The maximum Gasteiger partial charge on any atom is 0.119 e. The third-order valence-electron chi connectivity index (χ3n) is 2.71. The van der Waals surface area contributed by atoms with Gasteiger partial charge in [-0.25, -0.2) is 0 Å². The maximum absolute atomic E-state index is 5.67. The second-order valence-electron chi connectivity index (χ2n) is 4.34. The van der Waals surface area contributed by atoms with Gasteiger partial charge in [0, 0.05) is 15.5 Å². The first-order valence-electron chi connectivity index (χ1n) is 6.54. The zero-order valence-electron chi connectivity index (χ0n) is 11.1. The molecule has 0 aliphatic rings. The van der Waals surface area contributed by atoms with Crippen molar-refractivity contribution < 1.29 is 4.74 Å². The lowest BCUT2D eigenvalue weighted by Gasteiger charge is -2.06. The molecule has 0 unspecified atom stereocenters. The molecule has 0 amide bonds. The van der Waals surface area contributed by atoms with Crippen LogP contribution in [-0.2, 0) is 0 Å². The average Bonchev–Trinajstić information content (AvgIpc) is 2.44. The normalized spacial score (nSPS) is 10.4. The van der Waals surface area contributed by atoms with Crippen LogP contribution in [0.4, 0.5) is 5.69 Å². The fourth-order valence-electron chi connectivity index (χ4n) is 1.61. The van der Waals surface area contributed by atoms with E-state index in [1.807, 2.05) is 36.4 Å². The van der Waals surface area contributed by atoms with Gasteiger partial charge >= 0.3 is 0 Å². The molecule has 2 N–H and O–H groups in total. The van der Waals surface area contributed by atoms with Gasteiger partial charge in [-0.2, -0.15) is 0 Å². The number of hydrogen-bond acceptors (Lipinski definition) is 3. The number of ether oxygens (including phenoxy) is 1. The van der Waals surface area contributed by atoms with Crippen molar-refractivity contribution in [2.75, 3.05) is 12.3 Å². The van der Waals surface area contributed by atoms with Crippen LogP contribution >= 0.6 is 11.8 Å². The zero-order chi connectivity index (χ0) is 13.5. The molecule has 0 atom stereocenters. The van der Waals surface area contributed by atoms with E-state index in [0.29, 0.717) is 0 Å². The molecule has 0 aliphatic carbocycles. The summed E-state index contributed by atoms with van der Waals surface area (Å²) in [5, 5.41) is 0. The summed E-state index contributed by atoms with van der Waals surface area (Å²) in [7, 11) is 0. The molecule has 0 saturated heterocycles. The predicted molar refractivity (Wildman–Crippen MR) is 81.8 cm³/mol. The average molecular weight is 273 g/mol.